The number of aliphatic hydroxyl groups is 1. The maximum absolute atomic E-state index is 14.8. The first-order valence-electron chi connectivity index (χ1n) is 8.70. The van der Waals surface area contributed by atoms with Crippen LogP contribution >= 0.6 is 0 Å². The van der Waals surface area contributed by atoms with E-state index in [-0.39, 0.29) is 11.1 Å². The lowest BCUT2D eigenvalue weighted by atomic mass is 10.1. The van der Waals surface area contributed by atoms with Crippen LogP contribution in [0.3, 0.4) is 0 Å². The van der Waals surface area contributed by atoms with Gasteiger partial charge >= 0.3 is 0 Å². The van der Waals surface area contributed by atoms with Crippen LogP contribution in [-0.4, -0.2) is 14.5 Å². The number of aliphatic hydroxyl groups excluding tert-OH is 1. The Bertz CT molecular complexity index is 1340. The number of rotatable bonds is 3. The highest BCUT2D eigenvalue weighted by molar-refractivity contribution is 5.93. The van der Waals surface area contributed by atoms with Gasteiger partial charge < -0.3 is 9.52 Å². The van der Waals surface area contributed by atoms with Crippen molar-refractivity contribution < 1.29 is 18.3 Å². The Balaban J connectivity index is 1.73. The van der Waals surface area contributed by atoms with E-state index in [2.05, 4.69) is 4.98 Å². The fourth-order valence-electron chi connectivity index (χ4n) is 3.47. The molecule has 0 aliphatic rings. The summed E-state index contributed by atoms with van der Waals surface area (Å²) in [4.78, 5) is 4.60. The molecule has 0 saturated carbocycles. The van der Waals surface area contributed by atoms with Gasteiger partial charge in [-0.05, 0) is 24.3 Å². The van der Waals surface area contributed by atoms with Crippen molar-refractivity contribution in [3.63, 3.8) is 0 Å². The van der Waals surface area contributed by atoms with Crippen molar-refractivity contribution in [2.75, 3.05) is 0 Å². The first kappa shape index (κ1) is 16.6. The maximum Gasteiger partial charge on any atom is 0.161 e. The van der Waals surface area contributed by atoms with Crippen LogP contribution in [-0.2, 0) is 6.61 Å². The average molecular weight is 376 g/mol. The third kappa shape index (κ3) is 2.42. The molecule has 2 aromatic carbocycles. The van der Waals surface area contributed by atoms with Crippen LogP contribution in [0.4, 0.5) is 8.78 Å². The Hall–Kier alpha value is -3.51. The Morgan fingerprint density at radius 2 is 1.86 bits per heavy atom. The molecule has 5 rings (SSSR count). The van der Waals surface area contributed by atoms with Gasteiger partial charge in [0.25, 0.3) is 0 Å². The van der Waals surface area contributed by atoms with Crippen molar-refractivity contribution in [1.29, 1.82) is 0 Å². The Labute approximate surface area is 158 Å². The predicted octanol–water partition coefficient (Wildman–Crippen LogP) is 5.19. The minimum atomic E-state index is -0.784. The van der Waals surface area contributed by atoms with Crippen LogP contribution in [0.1, 0.15) is 5.56 Å². The van der Waals surface area contributed by atoms with E-state index in [9.17, 15) is 13.9 Å². The molecule has 0 saturated heterocycles. The predicted molar refractivity (Wildman–Crippen MR) is 102 cm³/mol. The summed E-state index contributed by atoms with van der Waals surface area (Å²) >= 11 is 0. The second-order valence-corrected chi connectivity index (χ2v) is 6.46. The molecule has 0 atom stereocenters. The summed E-state index contributed by atoms with van der Waals surface area (Å²) in [5.74, 6) is -0.932. The van der Waals surface area contributed by atoms with Crippen molar-refractivity contribution >= 4 is 16.4 Å². The summed E-state index contributed by atoms with van der Waals surface area (Å²) in [5, 5.41) is 11.2. The zero-order valence-corrected chi connectivity index (χ0v) is 14.6. The third-order valence-corrected chi connectivity index (χ3v) is 4.85. The quantitative estimate of drug-likeness (QED) is 0.472. The topological polar surface area (TPSA) is 50.7 Å². The molecule has 3 aromatic heterocycles. The Morgan fingerprint density at radius 3 is 2.71 bits per heavy atom. The lowest BCUT2D eigenvalue weighted by Crippen LogP contribution is -2.00. The number of hydrogen-bond donors (Lipinski definition) is 1. The molecular formula is C22H14F2N2O2. The van der Waals surface area contributed by atoms with Crippen LogP contribution in [0, 0.1) is 11.6 Å². The lowest BCUT2D eigenvalue weighted by molar-refractivity contribution is 0.269. The number of furan rings is 1. The van der Waals surface area contributed by atoms with Gasteiger partial charge in [-0.2, -0.15) is 0 Å². The van der Waals surface area contributed by atoms with Gasteiger partial charge in [-0.25, -0.2) is 13.8 Å². The summed E-state index contributed by atoms with van der Waals surface area (Å²) in [6, 6.07) is 15.5. The molecule has 0 unspecified atom stereocenters. The number of fused-ring (bicyclic) bond motifs is 2. The van der Waals surface area contributed by atoms with Gasteiger partial charge in [-0.1, -0.05) is 30.3 Å². The van der Waals surface area contributed by atoms with E-state index in [0.29, 0.717) is 22.8 Å². The summed E-state index contributed by atoms with van der Waals surface area (Å²) in [6.45, 7) is -0.713. The molecule has 28 heavy (non-hydrogen) atoms. The number of hydrogen-bond acceptors (Lipinski definition) is 3. The molecule has 0 aliphatic carbocycles. The summed E-state index contributed by atoms with van der Waals surface area (Å²) < 4.78 is 36.0. The molecule has 0 spiro atoms. The van der Waals surface area contributed by atoms with Crippen molar-refractivity contribution in [2.45, 2.75) is 6.61 Å². The molecule has 0 fully saturated rings. The van der Waals surface area contributed by atoms with Gasteiger partial charge in [-0.3, -0.25) is 4.40 Å². The fourth-order valence-corrected chi connectivity index (χ4v) is 3.47. The summed E-state index contributed by atoms with van der Waals surface area (Å²) in [6.07, 6.45) is 3.43. The number of nitrogens with zero attached hydrogens (tertiary/aromatic N) is 2. The van der Waals surface area contributed by atoms with Crippen LogP contribution in [0.2, 0.25) is 0 Å². The summed E-state index contributed by atoms with van der Waals surface area (Å²) in [5.41, 5.74) is 1.54. The zero-order valence-electron chi connectivity index (χ0n) is 14.6. The van der Waals surface area contributed by atoms with E-state index in [4.69, 9.17) is 4.42 Å². The maximum atomic E-state index is 14.8. The second kappa shape index (κ2) is 6.28. The minimum Gasteiger partial charge on any atom is -0.461 e. The summed E-state index contributed by atoms with van der Waals surface area (Å²) in [7, 11) is 0. The van der Waals surface area contributed by atoms with Crippen molar-refractivity contribution in [3.05, 3.63) is 84.3 Å². The van der Waals surface area contributed by atoms with E-state index < -0.39 is 18.2 Å². The molecule has 0 radical (unpaired) electrons. The SMILES string of the molecule is OCc1c(F)ccc(-c2cccc3nc(-c4occ5ccccc45)cn23)c1F. The molecule has 0 bridgehead atoms. The average Bonchev–Trinajstić information content (AvgIpc) is 3.32. The molecule has 0 aliphatic heterocycles. The van der Waals surface area contributed by atoms with Crippen LogP contribution < -0.4 is 0 Å². The highest BCUT2D eigenvalue weighted by Gasteiger charge is 2.18. The molecule has 6 heteroatoms. The number of halogens is 2. The number of imidazole rings is 1. The number of pyridine rings is 1. The van der Waals surface area contributed by atoms with E-state index in [1.54, 1.807) is 35.1 Å². The van der Waals surface area contributed by atoms with Gasteiger partial charge in [0, 0.05) is 28.1 Å². The smallest absolute Gasteiger partial charge is 0.161 e. The van der Waals surface area contributed by atoms with E-state index in [0.717, 1.165) is 16.8 Å². The van der Waals surface area contributed by atoms with Crippen molar-refractivity contribution in [3.8, 4) is 22.7 Å². The van der Waals surface area contributed by atoms with Crippen molar-refractivity contribution in [2.24, 2.45) is 0 Å². The molecule has 0 amide bonds. The largest absolute Gasteiger partial charge is 0.461 e. The van der Waals surface area contributed by atoms with Gasteiger partial charge in [-0.15, -0.1) is 0 Å². The van der Waals surface area contributed by atoms with Crippen molar-refractivity contribution in [1.82, 2.24) is 9.38 Å². The minimum absolute atomic E-state index is 0.185. The molecule has 5 aromatic rings. The fraction of sp³-hybridized carbons (Fsp3) is 0.0455. The first-order chi connectivity index (χ1) is 13.7. The van der Waals surface area contributed by atoms with Crippen LogP contribution in [0.25, 0.3) is 39.1 Å². The van der Waals surface area contributed by atoms with E-state index in [1.807, 2.05) is 24.3 Å². The van der Waals surface area contributed by atoms with Gasteiger partial charge in [0.15, 0.2) is 5.76 Å². The highest BCUT2D eigenvalue weighted by Crippen LogP contribution is 2.32. The van der Waals surface area contributed by atoms with E-state index >= 15 is 0 Å². The lowest BCUT2D eigenvalue weighted by Gasteiger charge is -2.10. The van der Waals surface area contributed by atoms with E-state index in [1.165, 1.54) is 6.07 Å². The normalized spacial score (nSPS) is 11.5. The molecule has 1 N–H and O–H groups in total. The van der Waals surface area contributed by atoms with Gasteiger partial charge in [0.2, 0.25) is 0 Å². The first-order valence-corrected chi connectivity index (χ1v) is 8.70. The monoisotopic (exact) mass is 376 g/mol. The van der Waals surface area contributed by atoms with Crippen LogP contribution in [0.5, 0.6) is 0 Å². The second-order valence-electron chi connectivity index (χ2n) is 6.46. The zero-order chi connectivity index (χ0) is 19.3. The van der Waals surface area contributed by atoms with Crippen LogP contribution in [0.15, 0.2) is 71.5 Å². The molecular weight excluding hydrogens is 362 g/mol. The standard InChI is InChI=1S/C22H14F2N2O2/c23-17-9-8-15(21(24)16(17)11-27)19-6-3-7-20-25-18(10-26(19)20)22-14-5-2-1-4-13(14)12-28-22/h1-10,12,27H,11H2. The molecule has 4 nitrogen and oxygen atoms in total. The number of aromatic nitrogens is 2. The highest BCUT2D eigenvalue weighted by atomic mass is 19.1. The third-order valence-electron chi connectivity index (χ3n) is 4.85. The van der Waals surface area contributed by atoms with Gasteiger partial charge in [0.05, 0.1) is 18.6 Å². The Kier molecular flexibility index (Phi) is 3.74. The Morgan fingerprint density at radius 1 is 1.00 bits per heavy atom. The molecule has 3 heterocycles. The molecule has 138 valence electrons. The van der Waals surface area contributed by atoms with Gasteiger partial charge in [0.1, 0.15) is 23.0 Å². The number of benzene rings is 2.